The van der Waals surface area contributed by atoms with E-state index in [1.165, 1.54) is 44.5 Å². The average Bonchev–Trinajstić information content (AvgIpc) is 3.18. The number of hydrogen-bond acceptors (Lipinski definition) is 2. The van der Waals surface area contributed by atoms with Crippen molar-refractivity contribution in [3.63, 3.8) is 0 Å². The molecule has 0 unspecified atom stereocenters. The molecule has 114 valence electrons. The van der Waals surface area contributed by atoms with Crippen molar-refractivity contribution in [2.75, 3.05) is 26.2 Å². The van der Waals surface area contributed by atoms with Crippen LogP contribution in [0.3, 0.4) is 0 Å². The smallest absolute Gasteiger partial charge is 0.230 e. The number of carbonyl (C=O) groups is 1. The molecule has 0 aromatic heterocycles. The van der Waals surface area contributed by atoms with Gasteiger partial charge in [0, 0.05) is 6.54 Å². The standard InChI is InChI=1S/C18H26N2O/c21-17(18(10-11-18)16-8-2-1-3-9-16)19-12-4-5-13-20-14-6-7-15-20/h1-3,8-9H,4-7,10-15H2,(H,19,21). The van der Waals surface area contributed by atoms with Crippen LogP contribution in [0, 0.1) is 0 Å². The monoisotopic (exact) mass is 286 g/mol. The Morgan fingerprint density at radius 1 is 1.10 bits per heavy atom. The third-order valence-corrected chi connectivity index (χ3v) is 4.90. The van der Waals surface area contributed by atoms with Crippen LogP contribution >= 0.6 is 0 Å². The van der Waals surface area contributed by atoms with Crippen molar-refractivity contribution in [3.8, 4) is 0 Å². The summed E-state index contributed by atoms with van der Waals surface area (Å²) in [6.45, 7) is 4.55. The summed E-state index contributed by atoms with van der Waals surface area (Å²) < 4.78 is 0. The zero-order valence-electron chi connectivity index (χ0n) is 12.8. The summed E-state index contributed by atoms with van der Waals surface area (Å²) in [5, 5.41) is 3.15. The topological polar surface area (TPSA) is 32.3 Å². The Kier molecular flexibility index (Phi) is 4.59. The molecule has 21 heavy (non-hydrogen) atoms. The zero-order valence-corrected chi connectivity index (χ0v) is 12.8. The maximum Gasteiger partial charge on any atom is 0.230 e. The van der Waals surface area contributed by atoms with E-state index in [1.807, 2.05) is 18.2 Å². The molecule has 1 aliphatic heterocycles. The number of likely N-dealkylation sites (tertiary alicyclic amines) is 1. The molecule has 0 atom stereocenters. The maximum absolute atomic E-state index is 12.4. The van der Waals surface area contributed by atoms with Gasteiger partial charge in [-0.05, 0) is 63.7 Å². The molecule has 1 aromatic rings. The van der Waals surface area contributed by atoms with Crippen LogP contribution in [0.4, 0.5) is 0 Å². The van der Waals surface area contributed by atoms with E-state index in [1.54, 1.807) is 0 Å². The Morgan fingerprint density at radius 3 is 2.48 bits per heavy atom. The number of nitrogens with zero attached hydrogens (tertiary/aromatic N) is 1. The van der Waals surface area contributed by atoms with Crippen molar-refractivity contribution < 1.29 is 4.79 Å². The first-order valence-electron chi connectivity index (χ1n) is 8.37. The minimum Gasteiger partial charge on any atom is -0.355 e. The number of hydrogen-bond donors (Lipinski definition) is 1. The van der Waals surface area contributed by atoms with Crippen molar-refractivity contribution in [1.29, 1.82) is 0 Å². The molecule has 2 fully saturated rings. The molecule has 3 nitrogen and oxygen atoms in total. The number of rotatable bonds is 7. The fourth-order valence-corrected chi connectivity index (χ4v) is 3.37. The first-order valence-corrected chi connectivity index (χ1v) is 8.37. The van der Waals surface area contributed by atoms with Gasteiger partial charge in [0.05, 0.1) is 5.41 Å². The van der Waals surface area contributed by atoms with Crippen LogP contribution in [-0.4, -0.2) is 37.0 Å². The largest absolute Gasteiger partial charge is 0.355 e. The lowest BCUT2D eigenvalue weighted by Gasteiger charge is -2.17. The quantitative estimate of drug-likeness (QED) is 0.782. The normalized spacial score (nSPS) is 20.4. The summed E-state index contributed by atoms with van der Waals surface area (Å²) >= 11 is 0. The van der Waals surface area contributed by atoms with E-state index >= 15 is 0 Å². The van der Waals surface area contributed by atoms with E-state index in [9.17, 15) is 4.79 Å². The van der Waals surface area contributed by atoms with E-state index in [0.717, 1.165) is 25.8 Å². The van der Waals surface area contributed by atoms with Gasteiger partial charge < -0.3 is 10.2 Å². The van der Waals surface area contributed by atoms with E-state index in [-0.39, 0.29) is 11.3 Å². The van der Waals surface area contributed by atoms with Gasteiger partial charge in [-0.1, -0.05) is 30.3 Å². The summed E-state index contributed by atoms with van der Waals surface area (Å²) in [7, 11) is 0. The van der Waals surface area contributed by atoms with Gasteiger partial charge in [-0.2, -0.15) is 0 Å². The van der Waals surface area contributed by atoms with Crippen LogP contribution in [-0.2, 0) is 10.2 Å². The molecular formula is C18H26N2O. The van der Waals surface area contributed by atoms with E-state index in [4.69, 9.17) is 0 Å². The predicted octanol–water partition coefficient (Wildman–Crippen LogP) is 2.71. The van der Waals surface area contributed by atoms with Gasteiger partial charge in [0.1, 0.15) is 0 Å². The second-order valence-corrected chi connectivity index (χ2v) is 6.46. The molecule has 0 spiro atoms. The van der Waals surface area contributed by atoms with Crippen molar-refractivity contribution in [3.05, 3.63) is 35.9 Å². The summed E-state index contributed by atoms with van der Waals surface area (Å²) in [6, 6.07) is 10.2. The summed E-state index contributed by atoms with van der Waals surface area (Å²) in [5.41, 5.74) is 0.968. The van der Waals surface area contributed by atoms with Gasteiger partial charge in [0.2, 0.25) is 5.91 Å². The molecule has 1 saturated heterocycles. The molecule has 1 aliphatic carbocycles. The Bertz CT molecular complexity index is 461. The SMILES string of the molecule is O=C(NCCCCN1CCCC1)C1(c2ccccc2)CC1. The molecule has 0 radical (unpaired) electrons. The molecule has 3 heteroatoms. The van der Waals surface area contributed by atoms with Crippen LogP contribution in [0.1, 0.15) is 44.1 Å². The maximum atomic E-state index is 12.4. The molecule has 1 aromatic carbocycles. The molecular weight excluding hydrogens is 260 g/mol. The lowest BCUT2D eigenvalue weighted by atomic mass is 9.95. The van der Waals surface area contributed by atoms with Crippen LogP contribution < -0.4 is 5.32 Å². The molecule has 0 bridgehead atoms. The zero-order chi connectivity index (χ0) is 14.5. The number of benzene rings is 1. The highest BCUT2D eigenvalue weighted by atomic mass is 16.2. The summed E-state index contributed by atoms with van der Waals surface area (Å²) in [4.78, 5) is 15.0. The van der Waals surface area contributed by atoms with Crippen molar-refractivity contribution in [2.24, 2.45) is 0 Å². The summed E-state index contributed by atoms with van der Waals surface area (Å²) in [6.07, 6.45) is 6.99. The molecule has 1 amide bonds. The minimum atomic E-state index is -0.212. The molecule has 1 saturated carbocycles. The van der Waals surface area contributed by atoms with Gasteiger partial charge in [-0.15, -0.1) is 0 Å². The first-order chi connectivity index (χ1) is 10.3. The lowest BCUT2D eigenvalue weighted by Crippen LogP contribution is -2.35. The van der Waals surface area contributed by atoms with E-state index in [0.29, 0.717) is 0 Å². The number of nitrogens with one attached hydrogen (secondary N) is 1. The molecule has 2 aliphatic rings. The average molecular weight is 286 g/mol. The van der Waals surface area contributed by atoms with Crippen molar-refractivity contribution in [1.82, 2.24) is 10.2 Å². The Morgan fingerprint density at radius 2 is 1.81 bits per heavy atom. The highest BCUT2D eigenvalue weighted by Gasteiger charge is 2.50. The Labute approximate surface area is 127 Å². The Hall–Kier alpha value is -1.35. The van der Waals surface area contributed by atoms with Crippen LogP contribution in [0.25, 0.3) is 0 Å². The van der Waals surface area contributed by atoms with Gasteiger partial charge >= 0.3 is 0 Å². The number of carbonyl (C=O) groups excluding carboxylic acids is 1. The van der Waals surface area contributed by atoms with Gasteiger partial charge in [0.15, 0.2) is 0 Å². The van der Waals surface area contributed by atoms with Gasteiger partial charge in [-0.3, -0.25) is 4.79 Å². The van der Waals surface area contributed by atoms with Gasteiger partial charge in [0.25, 0.3) is 0 Å². The second kappa shape index (κ2) is 6.61. The predicted molar refractivity (Wildman–Crippen MR) is 85.3 cm³/mol. The third kappa shape index (κ3) is 3.46. The van der Waals surface area contributed by atoms with Crippen molar-refractivity contribution >= 4 is 5.91 Å². The lowest BCUT2D eigenvalue weighted by molar-refractivity contribution is -0.123. The van der Waals surface area contributed by atoms with E-state index in [2.05, 4.69) is 22.3 Å². The first kappa shape index (κ1) is 14.6. The summed E-state index contributed by atoms with van der Waals surface area (Å²) in [5.74, 6) is 0.231. The van der Waals surface area contributed by atoms with Crippen LogP contribution in [0.2, 0.25) is 0 Å². The molecule has 1 N–H and O–H groups in total. The van der Waals surface area contributed by atoms with E-state index < -0.39 is 0 Å². The molecule has 1 heterocycles. The highest BCUT2D eigenvalue weighted by molar-refractivity contribution is 5.91. The third-order valence-electron chi connectivity index (χ3n) is 4.90. The Balaban J connectivity index is 1.38. The molecule has 3 rings (SSSR count). The van der Waals surface area contributed by atoms with Crippen molar-refractivity contribution in [2.45, 2.75) is 43.9 Å². The number of amides is 1. The van der Waals surface area contributed by atoms with Gasteiger partial charge in [-0.25, -0.2) is 0 Å². The fourth-order valence-electron chi connectivity index (χ4n) is 3.37. The fraction of sp³-hybridized carbons (Fsp3) is 0.611. The minimum absolute atomic E-state index is 0.212. The van der Waals surface area contributed by atoms with Crippen LogP contribution in [0.15, 0.2) is 30.3 Å². The van der Waals surface area contributed by atoms with Crippen LogP contribution in [0.5, 0.6) is 0 Å². The number of unbranched alkanes of at least 4 members (excludes halogenated alkanes) is 1. The highest BCUT2D eigenvalue weighted by Crippen LogP contribution is 2.48. The second-order valence-electron chi connectivity index (χ2n) is 6.46.